The predicted octanol–water partition coefficient (Wildman–Crippen LogP) is 14.6. The van der Waals surface area contributed by atoms with Gasteiger partial charge in [0.15, 0.2) is 7.28 Å². The summed E-state index contributed by atoms with van der Waals surface area (Å²) in [5.74, 6) is 0. The average molecular weight is 829 g/mol. The van der Waals surface area contributed by atoms with E-state index >= 15 is 0 Å². The number of nitrogens with zero attached hydrogens (tertiary/aromatic N) is 1. The number of hydrogen-bond acceptors (Lipinski definition) is 3. The molecule has 0 saturated heterocycles. The van der Waals surface area contributed by atoms with Gasteiger partial charge in [-0.3, -0.25) is 0 Å². The molecule has 0 spiro atoms. The number of anilines is 2. The first-order valence-corrected chi connectivity index (χ1v) is 22.8. The highest BCUT2D eigenvalue weighted by Gasteiger charge is 2.39. The lowest BCUT2D eigenvalue weighted by Crippen LogP contribution is -2.38. The summed E-state index contributed by atoms with van der Waals surface area (Å²) in [5, 5.41) is 10.9. The number of furan rings is 2. The fourth-order valence-corrected chi connectivity index (χ4v) is 11.3. The lowest BCUT2D eigenvalue weighted by molar-refractivity contribution is 0.590. The molecular weight excluding hydrogens is 779 g/mol. The Balaban J connectivity index is 1.19. The first-order valence-electron chi connectivity index (χ1n) is 22.8. The fourth-order valence-electron chi connectivity index (χ4n) is 11.3. The van der Waals surface area contributed by atoms with Crippen molar-refractivity contribution in [3.63, 3.8) is 0 Å². The molecule has 2 aliphatic rings. The highest BCUT2D eigenvalue weighted by molar-refractivity contribution is 6.74. The number of rotatable bonds is 3. The van der Waals surface area contributed by atoms with Gasteiger partial charge in [-0.05, 0) is 98.2 Å². The highest BCUT2D eigenvalue weighted by atomic mass is 16.3. The fraction of sp³-hybridized carbons (Fsp3) is 0.186. The molecule has 1 aliphatic heterocycles. The molecule has 5 heteroatoms. The van der Waals surface area contributed by atoms with Crippen molar-refractivity contribution in [3.05, 3.63) is 162 Å². The van der Waals surface area contributed by atoms with Crippen LogP contribution in [0.2, 0.25) is 0 Å². The normalized spacial score (nSPS) is 14.2. The van der Waals surface area contributed by atoms with Gasteiger partial charge in [-0.15, -0.1) is 0 Å². The van der Waals surface area contributed by atoms with Gasteiger partial charge in [0, 0.05) is 66.3 Å². The number of benzene rings is 8. The maximum atomic E-state index is 7.28. The van der Waals surface area contributed by atoms with Gasteiger partial charge in [-0.25, -0.2) is 0 Å². The van der Waals surface area contributed by atoms with E-state index in [4.69, 9.17) is 8.83 Å². The van der Waals surface area contributed by atoms with Crippen molar-refractivity contribution in [3.8, 4) is 27.9 Å². The molecule has 0 amide bonds. The van der Waals surface area contributed by atoms with Crippen LogP contribution in [0.4, 0.5) is 11.4 Å². The number of aromatic nitrogens is 1. The van der Waals surface area contributed by atoms with Crippen LogP contribution in [0.1, 0.15) is 77.6 Å². The first kappa shape index (κ1) is 37.6. The second kappa shape index (κ2) is 12.6. The Morgan fingerprint density at radius 3 is 2.00 bits per heavy atom. The summed E-state index contributed by atoms with van der Waals surface area (Å²) in [4.78, 5) is 0. The van der Waals surface area contributed by atoms with Crippen LogP contribution in [-0.4, -0.2) is 11.8 Å². The molecule has 0 atom stereocenters. The van der Waals surface area contributed by atoms with Crippen LogP contribution in [0.3, 0.4) is 0 Å². The van der Waals surface area contributed by atoms with Crippen LogP contribution in [-0.2, 0) is 16.2 Å². The molecule has 8 aromatic carbocycles. The molecule has 11 aromatic rings. The first-order chi connectivity index (χ1) is 30.7. The summed E-state index contributed by atoms with van der Waals surface area (Å²) in [7, 11) is 0.750. The molecule has 0 radical (unpaired) electrons. The lowest BCUT2D eigenvalue weighted by Gasteiger charge is -2.27. The standard InChI is InChI=1S/C59H49BN2O2/c1-57(2,3)32-21-24-34(25-22-32)61-45-31-50-39(36-16-10-13-19-48(36)63-50)28-40(45)53-54-55-51(52-37-17-11-14-20-49(37)64-56(52)53)41-27-33(58(4,5)6)23-26-46(41)62(55)47-29-38-35-15-9-12-18-42(35)59(7,8)43(38)30-44(47)60-54/h9-31,60-61H,1-8H3. The van der Waals surface area contributed by atoms with Gasteiger partial charge in [0.2, 0.25) is 0 Å². The molecule has 310 valence electrons. The van der Waals surface area contributed by atoms with E-state index in [0.29, 0.717) is 0 Å². The quantitative estimate of drug-likeness (QED) is 0.180. The molecule has 1 aliphatic carbocycles. The van der Waals surface area contributed by atoms with E-state index in [1.807, 2.05) is 0 Å². The minimum atomic E-state index is -0.130. The third-order valence-corrected chi connectivity index (χ3v) is 14.7. The second-order valence-electron chi connectivity index (χ2n) is 21.0. The van der Waals surface area contributed by atoms with Gasteiger partial charge in [0.1, 0.15) is 22.3 Å². The van der Waals surface area contributed by atoms with E-state index in [2.05, 4.69) is 205 Å². The molecule has 0 fully saturated rings. The number of para-hydroxylation sites is 2. The van der Waals surface area contributed by atoms with E-state index in [1.165, 1.54) is 71.8 Å². The molecule has 1 N–H and O–H groups in total. The Bertz CT molecular complexity index is 3820. The van der Waals surface area contributed by atoms with Gasteiger partial charge >= 0.3 is 0 Å². The number of hydrogen-bond donors (Lipinski definition) is 1. The van der Waals surface area contributed by atoms with Crippen molar-refractivity contribution in [1.29, 1.82) is 0 Å². The summed E-state index contributed by atoms with van der Waals surface area (Å²) in [6.07, 6.45) is 0. The number of fused-ring (bicyclic) bond motifs is 15. The summed E-state index contributed by atoms with van der Waals surface area (Å²) in [5.41, 5.74) is 22.0. The second-order valence-corrected chi connectivity index (χ2v) is 21.0. The van der Waals surface area contributed by atoms with E-state index in [0.717, 1.165) is 73.7 Å². The summed E-state index contributed by atoms with van der Waals surface area (Å²) in [6, 6.07) is 51.7. The van der Waals surface area contributed by atoms with E-state index in [-0.39, 0.29) is 16.2 Å². The monoisotopic (exact) mass is 828 g/mol. The predicted molar refractivity (Wildman–Crippen MR) is 272 cm³/mol. The van der Waals surface area contributed by atoms with Crippen LogP contribution in [0.5, 0.6) is 0 Å². The topological polar surface area (TPSA) is 43.2 Å². The Morgan fingerprint density at radius 1 is 0.547 bits per heavy atom. The van der Waals surface area contributed by atoms with Crippen LogP contribution in [0, 0.1) is 0 Å². The zero-order valence-electron chi connectivity index (χ0n) is 37.7. The zero-order chi connectivity index (χ0) is 43.6. The van der Waals surface area contributed by atoms with Gasteiger partial charge < -0.3 is 18.7 Å². The molecule has 64 heavy (non-hydrogen) atoms. The Kier molecular flexibility index (Phi) is 7.40. The van der Waals surface area contributed by atoms with Crippen LogP contribution in [0.15, 0.2) is 148 Å². The Hall–Kier alpha value is -6.98. The SMILES string of the molecule is CC(C)(C)c1ccc(Nc2cc3oc4ccccc4c3cc2-c2c3c4c(c5cc(C(C)(C)C)ccc5n4-c4cc5c(cc4B3)C(C)(C)c3ccccc3-5)c3c2oc2ccccc23)cc1. The summed E-state index contributed by atoms with van der Waals surface area (Å²) in [6.45, 7) is 18.5. The molecular formula is C59H49BN2O2. The van der Waals surface area contributed by atoms with Crippen molar-refractivity contribution in [1.82, 2.24) is 4.57 Å². The van der Waals surface area contributed by atoms with E-state index in [9.17, 15) is 0 Å². The minimum absolute atomic E-state index is 0.0361. The number of nitrogens with one attached hydrogen (secondary N) is 1. The van der Waals surface area contributed by atoms with Gasteiger partial charge in [0.25, 0.3) is 0 Å². The summed E-state index contributed by atoms with van der Waals surface area (Å²) >= 11 is 0. The molecule has 13 rings (SSSR count). The van der Waals surface area contributed by atoms with Crippen molar-refractivity contribution < 1.29 is 8.83 Å². The largest absolute Gasteiger partial charge is 0.456 e. The highest BCUT2D eigenvalue weighted by Crippen LogP contribution is 2.52. The Labute approximate surface area is 373 Å². The average Bonchev–Trinajstić information content (AvgIpc) is 4.00. The molecule has 0 saturated carbocycles. The third kappa shape index (κ3) is 5.12. The van der Waals surface area contributed by atoms with Crippen LogP contribution >= 0.6 is 0 Å². The van der Waals surface area contributed by atoms with Gasteiger partial charge in [0.05, 0.1) is 16.7 Å². The van der Waals surface area contributed by atoms with Gasteiger partial charge in [-0.1, -0.05) is 146 Å². The van der Waals surface area contributed by atoms with Crippen LogP contribution < -0.4 is 16.2 Å². The van der Waals surface area contributed by atoms with Crippen molar-refractivity contribution in [2.24, 2.45) is 0 Å². The van der Waals surface area contributed by atoms with Crippen LogP contribution in [0.25, 0.3) is 93.6 Å². The van der Waals surface area contributed by atoms with E-state index < -0.39 is 0 Å². The maximum absolute atomic E-state index is 7.28. The van der Waals surface area contributed by atoms with Gasteiger partial charge in [-0.2, -0.15) is 0 Å². The van der Waals surface area contributed by atoms with Crippen molar-refractivity contribution in [2.75, 3.05) is 5.32 Å². The summed E-state index contributed by atoms with van der Waals surface area (Å²) < 4.78 is 16.5. The molecule has 0 unspecified atom stereocenters. The molecule has 4 heterocycles. The smallest absolute Gasteiger partial charge is 0.198 e. The molecule has 4 nitrogen and oxygen atoms in total. The maximum Gasteiger partial charge on any atom is 0.198 e. The molecule has 3 aromatic heterocycles. The van der Waals surface area contributed by atoms with E-state index in [1.54, 1.807) is 0 Å². The third-order valence-electron chi connectivity index (χ3n) is 14.7. The van der Waals surface area contributed by atoms with Crippen molar-refractivity contribution in [2.45, 2.75) is 71.6 Å². The zero-order valence-corrected chi connectivity index (χ0v) is 37.7. The van der Waals surface area contributed by atoms with Crippen molar-refractivity contribution >= 4 is 95.3 Å². The lowest BCUT2D eigenvalue weighted by atomic mass is 9.58. The minimum Gasteiger partial charge on any atom is -0.456 e. The molecule has 0 bridgehead atoms. The Morgan fingerprint density at radius 2 is 1.23 bits per heavy atom.